The topological polar surface area (TPSA) is 16.4 Å². The number of fused-ring (bicyclic) bond motifs is 8. The Bertz CT molecular complexity index is 3000. The van der Waals surface area contributed by atoms with Crippen LogP contribution < -0.4 is 4.90 Å². The summed E-state index contributed by atoms with van der Waals surface area (Å²) < 4.78 is 6.69. The molecule has 0 spiro atoms. The van der Waals surface area contributed by atoms with Crippen LogP contribution >= 0.6 is 0 Å². The van der Waals surface area contributed by atoms with E-state index in [1.165, 1.54) is 38.8 Å². The minimum absolute atomic E-state index is 0.504. The Morgan fingerprint density at radius 3 is 1.75 bits per heavy atom. The fourth-order valence-corrected chi connectivity index (χ4v) is 9.32. The summed E-state index contributed by atoms with van der Waals surface area (Å²) in [6, 6.07) is 76.9. The Morgan fingerprint density at radius 1 is 0.382 bits per heavy atom. The van der Waals surface area contributed by atoms with Crippen LogP contribution in [-0.4, -0.2) is 0 Å². The lowest BCUT2D eigenvalue weighted by atomic mass is 9.68. The highest BCUT2D eigenvalue weighted by molar-refractivity contribution is 6.20. The third kappa shape index (κ3) is 4.62. The Balaban J connectivity index is 1.21. The first-order valence-electron chi connectivity index (χ1n) is 18.9. The minimum atomic E-state index is -0.504. The molecule has 2 nitrogen and oxygen atoms in total. The highest BCUT2D eigenvalue weighted by Gasteiger charge is 2.47. The molecular formula is C53H35NO. The first-order chi connectivity index (χ1) is 27.3. The summed E-state index contributed by atoms with van der Waals surface area (Å²) in [5.74, 6) is 0. The predicted octanol–water partition coefficient (Wildman–Crippen LogP) is 14.2. The first kappa shape index (κ1) is 31.4. The molecule has 0 unspecified atom stereocenters. The zero-order valence-electron chi connectivity index (χ0n) is 30.1. The van der Waals surface area contributed by atoms with E-state index in [1.807, 2.05) is 0 Å². The van der Waals surface area contributed by atoms with E-state index in [0.29, 0.717) is 0 Å². The van der Waals surface area contributed by atoms with Gasteiger partial charge in [0.2, 0.25) is 0 Å². The standard InChI is InChI=1S/C53H35NO/c1-4-19-37(20-5-1)53(38-21-6-2-7-22-38)45-29-14-12-27-43(45)51-46(53)30-17-32-48(51)54(39-23-8-3-9-24-39)47-31-15-13-26-41(47)42-28-16-33-49-50(42)44-35-34-36-18-10-11-25-40(36)52(44)55-49/h1-35H. The molecule has 1 heterocycles. The van der Waals surface area contributed by atoms with E-state index in [-0.39, 0.29) is 0 Å². The molecule has 0 saturated heterocycles. The Labute approximate surface area is 320 Å². The van der Waals surface area contributed by atoms with Gasteiger partial charge in [0.25, 0.3) is 0 Å². The zero-order chi connectivity index (χ0) is 36.3. The minimum Gasteiger partial charge on any atom is -0.455 e. The third-order valence-electron chi connectivity index (χ3n) is 11.5. The van der Waals surface area contributed by atoms with E-state index in [1.54, 1.807) is 0 Å². The van der Waals surface area contributed by atoms with Crippen molar-refractivity contribution in [3.63, 3.8) is 0 Å². The Morgan fingerprint density at radius 2 is 0.964 bits per heavy atom. The molecule has 0 N–H and O–H groups in total. The summed E-state index contributed by atoms with van der Waals surface area (Å²) in [7, 11) is 0. The molecule has 11 rings (SSSR count). The maximum absolute atomic E-state index is 6.69. The van der Waals surface area contributed by atoms with Gasteiger partial charge < -0.3 is 9.32 Å². The van der Waals surface area contributed by atoms with Gasteiger partial charge in [-0.1, -0.05) is 176 Å². The summed E-state index contributed by atoms with van der Waals surface area (Å²) in [6.45, 7) is 0. The number of anilines is 3. The lowest BCUT2D eigenvalue weighted by Crippen LogP contribution is -2.28. The van der Waals surface area contributed by atoms with E-state index in [4.69, 9.17) is 4.42 Å². The van der Waals surface area contributed by atoms with Crippen LogP contribution in [0.1, 0.15) is 22.3 Å². The van der Waals surface area contributed by atoms with E-state index in [2.05, 4.69) is 217 Å². The highest BCUT2D eigenvalue weighted by atomic mass is 16.3. The normalized spacial score (nSPS) is 12.9. The third-order valence-corrected chi connectivity index (χ3v) is 11.5. The summed E-state index contributed by atoms with van der Waals surface area (Å²) >= 11 is 0. The average molecular weight is 702 g/mol. The van der Waals surface area contributed by atoms with Crippen molar-refractivity contribution in [2.45, 2.75) is 5.41 Å². The molecule has 1 aromatic heterocycles. The number of furan rings is 1. The number of hydrogen-bond donors (Lipinski definition) is 0. The van der Waals surface area contributed by atoms with Gasteiger partial charge in [0, 0.05) is 33.0 Å². The number of hydrogen-bond acceptors (Lipinski definition) is 2. The molecule has 2 heteroatoms. The van der Waals surface area contributed by atoms with Gasteiger partial charge in [-0.3, -0.25) is 0 Å². The lowest BCUT2D eigenvalue weighted by molar-refractivity contribution is 0.673. The van der Waals surface area contributed by atoms with E-state index in [9.17, 15) is 0 Å². The molecular weight excluding hydrogens is 667 g/mol. The SMILES string of the molecule is c1ccc(N(c2ccccc2-c2cccc3oc4c5ccccc5ccc4c23)c2cccc3c2-c2ccccc2C3(c2ccccc2)c2ccccc2)cc1. The van der Waals surface area contributed by atoms with Gasteiger partial charge in [-0.15, -0.1) is 0 Å². The van der Waals surface area contributed by atoms with Crippen LogP contribution in [0, 0.1) is 0 Å². The molecule has 0 aliphatic heterocycles. The van der Waals surface area contributed by atoms with Crippen molar-refractivity contribution < 1.29 is 4.42 Å². The molecule has 1 aliphatic rings. The maximum atomic E-state index is 6.69. The largest absolute Gasteiger partial charge is 0.455 e. The molecule has 0 fully saturated rings. The second-order valence-electron chi connectivity index (χ2n) is 14.4. The molecule has 0 amide bonds. The summed E-state index contributed by atoms with van der Waals surface area (Å²) in [4.78, 5) is 2.47. The van der Waals surface area contributed by atoms with Gasteiger partial charge in [0.05, 0.1) is 16.8 Å². The van der Waals surface area contributed by atoms with Crippen molar-refractivity contribution in [1.82, 2.24) is 0 Å². The highest BCUT2D eigenvalue weighted by Crippen LogP contribution is 2.60. The van der Waals surface area contributed by atoms with E-state index >= 15 is 0 Å². The van der Waals surface area contributed by atoms with Crippen molar-refractivity contribution in [1.29, 1.82) is 0 Å². The van der Waals surface area contributed by atoms with Crippen molar-refractivity contribution in [3.05, 3.63) is 235 Å². The van der Waals surface area contributed by atoms with E-state index < -0.39 is 5.41 Å². The van der Waals surface area contributed by atoms with Gasteiger partial charge in [-0.25, -0.2) is 0 Å². The number of para-hydroxylation sites is 2. The van der Waals surface area contributed by atoms with Gasteiger partial charge >= 0.3 is 0 Å². The van der Waals surface area contributed by atoms with Gasteiger partial charge in [-0.05, 0) is 75.2 Å². The van der Waals surface area contributed by atoms with Gasteiger partial charge in [0.15, 0.2) is 0 Å². The molecule has 0 radical (unpaired) electrons. The number of nitrogens with zero attached hydrogens (tertiary/aromatic N) is 1. The molecule has 258 valence electrons. The number of benzene rings is 9. The van der Waals surface area contributed by atoms with Crippen LogP contribution in [0.3, 0.4) is 0 Å². The molecule has 55 heavy (non-hydrogen) atoms. The van der Waals surface area contributed by atoms with Crippen molar-refractivity contribution >= 4 is 49.8 Å². The average Bonchev–Trinajstić information content (AvgIpc) is 3.80. The van der Waals surface area contributed by atoms with Crippen LogP contribution in [0.5, 0.6) is 0 Å². The summed E-state index contributed by atoms with van der Waals surface area (Å²) in [6.07, 6.45) is 0. The molecule has 0 atom stereocenters. The lowest BCUT2D eigenvalue weighted by Gasteiger charge is -2.34. The molecule has 9 aromatic carbocycles. The molecule has 1 aliphatic carbocycles. The van der Waals surface area contributed by atoms with Crippen molar-refractivity contribution in [3.8, 4) is 22.3 Å². The molecule has 10 aromatic rings. The predicted molar refractivity (Wildman–Crippen MR) is 229 cm³/mol. The Kier molecular flexibility index (Phi) is 7.11. The quantitative estimate of drug-likeness (QED) is 0.172. The monoisotopic (exact) mass is 701 g/mol. The smallest absolute Gasteiger partial charge is 0.143 e. The second-order valence-corrected chi connectivity index (χ2v) is 14.4. The first-order valence-corrected chi connectivity index (χ1v) is 18.9. The second kappa shape index (κ2) is 12.5. The van der Waals surface area contributed by atoms with Crippen LogP contribution in [-0.2, 0) is 5.41 Å². The molecule has 0 bridgehead atoms. The maximum Gasteiger partial charge on any atom is 0.143 e. The van der Waals surface area contributed by atoms with Crippen LogP contribution in [0.4, 0.5) is 17.1 Å². The van der Waals surface area contributed by atoms with Crippen LogP contribution in [0.25, 0.3) is 55.0 Å². The van der Waals surface area contributed by atoms with Crippen LogP contribution in [0.2, 0.25) is 0 Å². The summed E-state index contributed by atoms with van der Waals surface area (Å²) in [5, 5.41) is 4.54. The Hall–Kier alpha value is -7.16. The van der Waals surface area contributed by atoms with Crippen LogP contribution in [0.15, 0.2) is 217 Å². The fourth-order valence-electron chi connectivity index (χ4n) is 9.32. The number of rotatable bonds is 6. The van der Waals surface area contributed by atoms with Gasteiger partial charge in [0.1, 0.15) is 11.2 Å². The summed E-state index contributed by atoms with van der Waals surface area (Å²) in [5.41, 5.74) is 14.4. The van der Waals surface area contributed by atoms with Crippen molar-refractivity contribution in [2.75, 3.05) is 4.90 Å². The van der Waals surface area contributed by atoms with Gasteiger partial charge in [-0.2, -0.15) is 0 Å². The van der Waals surface area contributed by atoms with Crippen molar-refractivity contribution in [2.24, 2.45) is 0 Å². The zero-order valence-corrected chi connectivity index (χ0v) is 30.1. The fraction of sp³-hybridized carbons (Fsp3) is 0.0189. The molecule has 0 saturated carbocycles. The van der Waals surface area contributed by atoms with E-state index in [0.717, 1.165) is 55.5 Å².